The van der Waals surface area contributed by atoms with Crippen LogP contribution < -0.4 is 5.73 Å². The van der Waals surface area contributed by atoms with Crippen molar-refractivity contribution in [2.24, 2.45) is 0 Å². The van der Waals surface area contributed by atoms with E-state index in [1.165, 1.54) is 0 Å². The summed E-state index contributed by atoms with van der Waals surface area (Å²) < 4.78 is 1.72. The molecule has 106 valence electrons. The topological polar surface area (TPSA) is 43.8 Å². The molecule has 0 saturated heterocycles. The Bertz CT molecular complexity index is 775. The van der Waals surface area contributed by atoms with Gasteiger partial charge in [0.05, 0.1) is 11.4 Å². The molecule has 1 aromatic heterocycles. The molecule has 0 saturated carbocycles. The SMILES string of the molecule is Cc1c(-c2cc(Cl)cc(Cl)c2)nn(-c2ccccc2)c1N. The molecule has 0 radical (unpaired) electrons. The van der Waals surface area contributed by atoms with Crippen molar-refractivity contribution in [3.8, 4) is 16.9 Å². The Morgan fingerprint density at radius 3 is 2.24 bits per heavy atom. The lowest BCUT2D eigenvalue weighted by atomic mass is 10.1. The fourth-order valence-electron chi connectivity index (χ4n) is 2.24. The van der Waals surface area contributed by atoms with Crippen LogP contribution >= 0.6 is 23.2 Å². The smallest absolute Gasteiger partial charge is 0.130 e. The zero-order valence-corrected chi connectivity index (χ0v) is 12.9. The number of anilines is 1. The van der Waals surface area contributed by atoms with Gasteiger partial charge in [-0.1, -0.05) is 41.4 Å². The van der Waals surface area contributed by atoms with E-state index in [1.807, 2.05) is 49.4 Å². The molecule has 0 aliphatic rings. The van der Waals surface area contributed by atoms with Crippen molar-refractivity contribution in [3.63, 3.8) is 0 Å². The molecule has 0 spiro atoms. The van der Waals surface area contributed by atoms with Gasteiger partial charge in [0.25, 0.3) is 0 Å². The molecule has 2 N–H and O–H groups in total. The van der Waals surface area contributed by atoms with Crippen LogP contribution in [0.25, 0.3) is 16.9 Å². The van der Waals surface area contributed by atoms with Crippen molar-refractivity contribution in [1.29, 1.82) is 0 Å². The average molecular weight is 318 g/mol. The lowest BCUT2D eigenvalue weighted by molar-refractivity contribution is 0.895. The summed E-state index contributed by atoms with van der Waals surface area (Å²) in [4.78, 5) is 0. The number of nitrogens with zero attached hydrogens (tertiary/aromatic N) is 2. The van der Waals surface area contributed by atoms with E-state index in [9.17, 15) is 0 Å². The number of para-hydroxylation sites is 1. The quantitative estimate of drug-likeness (QED) is 0.742. The lowest BCUT2D eigenvalue weighted by Crippen LogP contribution is -2.01. The average Bonchev–Trinajstić information content (AvgIpc) is 2.75. The minimum atomic E-state index is 0.574. The van der Waals surface area contributed by atoms with Gasteiger partial charge in [-0.3, -0.25) is 0 Å². The predicted octanol–water partition coefficient (Wildman–Crippen LogP) is 4.74. The van der Waals surface area contributed by atoms with Crippen LogP contribution in [-0.2, 0) is 0 Å². The molecule has 3 rings (SSSR count). The summed E-state index contributed by atoms with van der Waals surface area (Å²) in [5.41, 5.74) is 9.63. The van der Waals surface area contributed by atoms with Gasteiger partial charge in [0.2, 0.25) is 0 Å². The zero-order valence-electron chi connectivity index (χ0n) is 11.3. The van der Waals surface area contributed by atoms with Crippen LogP contribution in [0.2, 0.25) is 10.0 Å². The molecule has 0 unspecified atom stereocenters. The highest BCUT2D eigenvalue weighted by molar-refractivity contribution is 6.35. The Morgan fingerprint density at radius 1 is 1.00 bits per heavy atom. The second kappa shape index (κ2) is 5.43. The standard InChI is InChI=1S/C16H13Cl2N3/c1-10-15(11-7-12(17)9-13(18)8-11)20-21(16(10)19)14-5-3-2-4-6-14/h2-9H,19H2,1H3. The number of aromatic nitrogens is 2. The van der Waals surface area contributed by atoms with Gasteiger partial charge in [0, 0.05) is 21.2 Å². The third-order valence-electron chi connectivity index (χ3n) is 3.30. The number of nitrogens with two attached hydrogens (primary N) is 1. The Labute approximate surface area is 132 Å². The van der Waals surface area contributed by atoms with Crippen molar-refractivity contribution >= 4 is 29.0 Å². The van der Waals surface area contributed by atoms with Crippen LogP contribution in [0.3, 0.4) is 0 Å². The van der Waals surface area contributed by atoms with Crippen LogP contribution in [-0.4, -0.2) is 9.78 Å². The van der Waals surface area contributed by atoms with Gasteiger partial charge < -0.3 is 5.73 Å². The minimum Gasteiger partial charge on any atom is -0.383 e. The Hall–Kier alpha value is -1.97. The van der Waals surface area contributed by atoms with Crippen LogP contribution in [0.4, 0.5) is 5.82 Å². The summed E-state index contributed by atoms with van der Waals surface area (Å²) in [5, 5.41) is 5.75. The normalized spacial score (nSPS) is 10.8. The fraction of sp³-hybridized carbons (Fsp3) is 0.0625. The molecule has 21 heavy (non-hydrogen) atoms. The van der Waals surface area contributed by atoms with Gasteiger partial charge in [-0.25, -0.2) is 4.68 Å². The van der Waals surface area contributed by atoms with Crippen molar-refractivity contribution in [3.05, 3.63) is 64.1 Å². The maximum Gasteiger partial charge on any atom is 0.130 e. The molecule has 1 heterocycles. The Kier molecular flexibility index (Phi) is 3.62. The summed E-state index contributed by atoms with van der Waals surface area (Å²) in [6.45, 7) is 1.94. The second-order valence-corrected chi connectivity index (χ2v) is 5.64. The highest BCUT2D eigenvalue weighted by Gasteiger charge is 2.15. The largest absolute Gasteiger partial charge is 0.383 e. The first-order valence-electron chi connectivity index (χ1n) is 6.43. The number of halogens is 2. The van der Waals surface area contributed by atoms with E-state index in [-0.39, 0.29) is 0 Å². The van der Waals surface area contributed by atoms with Crippen molar-refractivity contribution in [1.82, 2.24) is 9.78 Å². The molecule has 0 aliphatic carbocycles. The molecule has 3 nitrogen and oxygen atoms in total. The van der Waals surface area contributed by atoms with Crippen LogP contribution in [0.5, 0.6) is 0 Å². The van der Waals surface area contributed by atoms with Crippen LogP contribution in [0.1, 0.15) is 5.56 Å². The number of hydrogen-bond acceptors (Lipinski definition) is 2. The lowest BCUT2D eigenvalue weighted by Gasteiger charge is -2.03. The van der Waals surface area contributed by atoms with Gasteiger partial charge in [0.1, 0.15) is 5.82 Å². The van der Waals surface area contributed by atoms with Gasteiger partial charge in [-0.15, -0.1) is 0 Å². The summed E-state index contributed by atoms with van der Waals surface area (Å²) >= 11 is 12.1. The number of benzene rings is 2. The number of rotatable bonds is 2. The van der Waals surface area contributed by atoms with Crippen molar-refractivity contribution in [2.75, 3.05) is 5.73 Å². The van der Waals surface area contributed by atoms with Gasteiger partial charge in [-0.2, -0.15) is 5.10 Å². The molecular weight excluding hydrogens is 305 g/mol. The van der Waals surface area contributed by atoms with Crippen LogP contribution in [0, 0.1) is 6.92 Å². The molecule has 0 fully saturated rings. The highest BCUT2D eigenvalue weighted by Crippen LogP contribution is 2.31. The summed E-state index contributed by atoms with van der Waals surface area (Å²) in [6.07, 6.45) is 0. The second-order valence-electron chi connectivity index (χ2n) is 4.76. The van der Waals surface area contributed by atoms with E-state index < -0.39 is 0 Å². The first-order chi connectivity index (χ1) is 10.1. The van der Waals surface area contributed by atoms with Gasteiger partial charge in [0.15, 0.2) is 0 Å². The highest BCUT2D eigenvalue weighted by atomic mass is 35.5. The van der Waals surface area contributed by atoms with E-state index in [1.54, 1.807) is 10.7 Å². The third-order valence-corrected chi connectivity index (χ3v) is 3.74. The molecule has 5 heteroatoms. The monoisotopic (exact) mass is 317 g/mol. The maximum atomic E-state index is 6.18. The summed E-state index contributed by atoms with van der Waals surface area (Å²) in [5.74, 6) is 0.604. The molecular formula is C16H13Cl2N3. The summed E-state index contributed by atoms with van der Waals surface area (Å²) in [6, 6.07) is 15.1. The molecule has 0 atom stereocenters. The molecule has 3 aromatic rings. The number of hydrogen-bond donors (Lipinski definition) is 1. The first kappa shape index (κ1) is 14.0. The number of nitrogen functional groups attached to an aromatic ring is 1. The van der Waals surface area contributed by atoms with E-state index in [4.69, 9.17) is 28.9 Å². The molecule has 0 amide bonds. The third kappa shape index (κ3) is 2.62. The van der Waals surface area contributed by atoms with E-state index in [0.29, 0.717) is 15.9 Å². The van der Waals surface area contributed by atoms with Crippen LogP contribution in [0.15, 0.2) is 48.5 Å². The predicted molar refractivity (Wildman–Crippen MR) is 88.2 cm³/mol. The van der Waals surface area contributed by atoms with Gasteiger partial charge >= 0.3 is 0 Å². The van der Waals surface area contributed by atoms with E-state index >= 15 is 0 Å². The van der Waals surface area contributed by atoms with Crippen molar-refractivity contribution < 1.29 is 0 Å². The Balaban J connectivity index is 2.17. The molecule has 0 bridgehead atoms. The van der Waals surface area contributed by atoms with E-state index in [0.717, 1.165) is 22.5 Å². The van der Waals surface area contributed by atoms with Crippen molar-refractivity contribution in [2.45, 2.75) is 6.92 Å². The van der Waals surface area contributed by atoms with E-state index in [2.05, 4.69) is 5.10 Å². The zero-order chi connectivity index (χ0) is 15.0. The molecule has 0 aliphatic heterocycles. The first-order valence-corrected chi connectivity index (χ1v) is 7.19. The molecule has 2 aromatic carbocycles. The summed E-state index contributed by atoms with van der Waals surface area (Å²) in [7, 11) is 0. The fourth-order valence-corrected chi connectivity index (χ4v) is 2.77. The minimum absolute atomic E-state index is 0.574. The Morgan fingerprint density at radius 2 is 1.62 bits per heavy atom. The maximum absolute atomic E-state index is 6.18. The van der Waals surface area contributed by atoms with Gasteiger partial charge in [-0.05, 0) is 37.3 Å².